The molecule has 0 saturated heterocycles. The van der Waals surface area contributed by atoms with Crippen molar-refractivity contribution >= 4 is 17.3 Å². The van der Waals surface area contributed by atoms with Crippen LogP contribution in [0.5, 0.6) is 0 Å². The number of hydrogen-bond donors (Lipinski definition) is 1. The summed E-state index contributed by atoms with van der Waals surface area (Å²) in [4.78, 5) is 15.9. The van der Waals surface area contributed by atoms with Crippen molar-refractivity contribution in [3.8, 4) is 10.4 Å². The van der Waals surface area contributed by atoms with Gasteiger partial charge in [0.15, 0.2) is 0 Å². The monoisotopic (exact) mass is 219 g/mol. The lowest BCUT2D eigenvalue weighted by Crippen LogP contribution is -1.94. The molecule has 1 aromatic carbocycles. The van der Waals surface area contributed by atoms with E-state index >= 15 is 0 Å². The highest BCUT2D eigenvalue weighted by Gasteiger charge is 2.06. The Balaban J connectivity index is 2.40. The number of rotatable bonds is 2. The molecule has 0 unspecified atom stereocenters. The number of hydrogen-bond acceptors (Lipinski definition) is 3. The van der Waals surface area contributed by atoms with Crippen LogP contribution in [0.25, 0.3) is 10.4 Å². The molecule has 2 aromatic rings. The van der Waals surface area contributed by atoms with Crippen LogP contribution in [0.1, 0.15) is 16.1 Å². The molecule has 0 amide bonds. The highest BCUT2D eigenvalue weighted by molar-refractivity contribution is 7.13. The fourth-order valence-electron chi connectivity index (χ4n) is 1.34. The molecular weight excluding hydrogens is 210 g/mol. The molecule has 0 fully saturated rings. The number of aromatic carboxylic acids is 1. The Labute approximate surface area is 91.0 Å². The third-order valence-electron chi connectivity index (χ3n) is 2.14. The molecule has 2 rings (SSSR count). The minimum Gasteiger partial charge on any atom is -0.478 e. The summed E-state index contributed by atoms with van der Waals surface area (Å²) in [6, 6.07) is 6.83. The summed E-state index contributed by atoms with van der Waals surface area (Å²) in [6.45, 7) is 1.94. The number of aryl methyl sites for hydroxylation is 1. The van der Waals surface area contributed by atoms with Crippen LogP contribution >= 0.6 is 11.3 Å². The van der Waals surface area contributed by atoms with Crippen molar-refractivity contribution in [2.24, 2.45) is 0 Å². The van der Waals surface area contributed by atoms with Gasteiger partial charge in [0.2, 0.25) is 0 Å². The van der Waals surface area contributed by atoms with Gasteiger partial charge >= 0.3 is 5.97 Å². The number of carboxylic acids is 1. The lowest BCUT2D eigenvalue weighted by molar-refractivity contribution is 0.0697. The van der Waals surface area contributed by atoms with Gasteiger partial charge in [-0.25, -0.2) is 9.78 Å². The first-order valence-electron chi connectivity index (χ1n) is 4.42. The quantitative estimate of drug-likeness (QED) is 0.844. The zero-order chi connectivity index (χ0) is 10.8. The average Bonchev–Trinajstić information content (AvgIpc) is 2.65. The van der Waals surface area contributed by atoms with Crippen LogP contribution in [0.4, 0.5) is 0 Å². The van der Waals surface area contributed by atoms with Gasteiger partial charge in [-0.1, -0.05) is 12.1 Å². The number of thiazole rings is 1. The van der Waals surface area contributed by atoms with E-state index in [2.05, 4.69) is 4.98 Å². The van der Waals surface area contributed by atoms with Crippen LogP contribution in [0.3, 0.4) is 0 Å². The van der Waals surface area contributed by atoms with Crippen molar-refractivity contribution in [1.82, 2.24) is 4.98 Å². The van der Waals surface area contributed by atoms with Crippen LogP contribution in [0.15, 0.2) is 29.8 Å². The van der Waals surface area contributed by atoms with Crippen molar-refractivity contribution in [3.63, 3.8) is 0 Å². The largest absolute Gasteiger partial charge is 0.478 e. The maximum Gasteiger partial charge on any atom is 0.335 e. The van der Waals surface area contributed by atoms with E-state index in [1.807, 2.05) is 19.1 Å². The zero-order valence-electron chi connectivity index (χ0n) is 8.10. The number of carboxylic acid groups (broad SMARTS) is 1. The molecule has 3 nitrogen and oxygen atoms in total. The Morgan fingerprint density at radius 1 is 1.33 bits per heavy atom. The Kier molecular flexibility index (Phi) is 2.51. The molecule has 0 spiro atoms. The van der Waals surface area contributed by atoms with Crippen molar-refractivity contribution in [1.29, 1.82) is 0 Å². The molecule has 0 saturated carbocycles. The Bertz CT molecular complexity index is 488. The first kappa shape index (κ1) is 9.86. The van der Waals surface area contributed by atoms with E-state index in [1.165, 1.54) is 0 Å². The SMILES string of the molecule is Cc1ncsc1-c1ccc(C(=O)O)cc1. The number of aromatic nitrogens is 1. The fraction of sp³-hybridized carbons (Fsp3) is 0.0909. The summed E-state index contributed by atoms with van der Waals surface area (Å²) >= 11 is 1.56. The molecular formula is C11H9NO2S. The van der Waals surface area contributed by atoms with Crippen molar-refractivity contribution in [2.45, 2.75) is 6.92 Å². The van der Waals surface area contributed by atoms with Crippen LogP contribution in [-0.4, -0.2) is 16.1 Å². The highest BCUT2D eigenvalue weighted by atomic mass is 32.1. The molecule has 0 atom stereocenters. The number of carbonyl (C=O) groups is 1. The third kappa shape index (κ3) is 1.89. The Morgan fingerprint density at radius 3 is 2.47 bits per heavy atom. The molecule has 0 aliphatic heterocycles. The molecule has 1 heterocycles. The van der Waals surface area contributed by atoms with Crippen LogP contribution in [0, 0.1) is 6.92 Å². The molecule has 4 heteroatoms. The van der Waals surface area contributed by atoms with Crippen molar-refractivity contribution in [3.05, 3.63) is 41.0 Å². The van der Waals surface area contributed by atoms with Gasteiger partial charge in [-0.3, -0.25) is 0 Å². The maximum absolute atomic E-state index is 10.7. The lowest BCUT2D eigenvalue weighted by Gasteiger charge is -1.99. The normalized spacial score (nSPS) is 10.2. The summed E-state index contributed by atoms with van der Waals surface area (Å²) in [5.41, 5.74) is 4.08. The van der Waals surface area contributed by atoms with Gasteiger partial charge in [0.25, 0.3) is 0 Å². The van der Waals surface area contributed by atoms with Gasteiger partial charge in [-0.2, -0.15) is 0 Å². The van der Waals surface area contributed by atoms with Gasteiger partial charge in [0.1, 0.15) is 0 Å². The summed E-state index contributed by atoms with van der Waals surface area (Å²) in [5, 5.41) is 8.75. The van der Waals surface area contributed by atoms with E-state index in [0.717, 1.165) is 16.1 Å². The van der Waals surface area contributed by atoms with Gasteiger partial charge in [0.05, 0.1) is 21.6 Å². The van der Waals surface area contributed by atoms with Crippen molar-refractivity contribution < 1.29 is 9.90 Å². The summed E-state index contributed by atoms with van der Waals surface area (Å²) < 4.78 is 0. The van der Waals surface area contributed by atoms with Crippen LogP contribution < -0.4 is 0 Å². The second-order valence-electron chi connectivity index (χ2n) is 3.15. The molecule has 15 heavy (non-hydrogen) atoms. The molecule has 1 N–H and O–H groups in total. The average molecular weight is 219 g/mol. The van der Waals surface area contributed by atoms with E-state index in [4.69, 9.17) is 5.11 Å². The molecule has 0 radical (unpaired) electrons. The van der Waals surface area contributed by atoms with Gasteiger partial charge < -0.3 is 5.11 Å². The topological polar surface area (TPSA) is 50.2 Å². The lowest BCUT2D eigenvalue weighted by atomic mass is 10.1. The number of benzene rings is 1. The van der Waals surface area contributed by atoms with Crippen LogP contribution in [0.2, 0.25) is 0 Å². The summed E-state index contributed by atoms with van der Waals surface area (Å²) in [5.74, 6) is -0.900. The Hall–Kier alpha value is -1.68. The molecule has 0 aliphatic carbocycles. The van der Waals surface area contributed by atoms with Crippen molar-refractivity contribution in [2.75, 3.05) is 0 Å². The van der Waals surface area contributed by atoms with Gasteiger partial charge in [0, 0.05) is 0 Å². The second-order valence-corrected chi connectivity index (χ2v) is 4.00. The van der Waals surface area contributed by atoms with E-state index in [0.29, 0.717) is 5.56 Å². The minimum atomic E-state index is -0.900. The summed E-state index contributed by atoms with van der Waals surface area (Å²) in [7, 11) is 0. The van der Waals surface area contributed by atoms with E-state index in [1.54, 1.807) is 29.0 Å². The first-order valence-corrected chi connectivity index (χ1v) is 5.30. The Morgan fingerprint density at radius 2 is 2.00 bits per heavy atom. The minimum absolute atomic E-state index is 0.306. The maximum atomic E-state index is 10.7. The fourth-order valence-corrected chi connectivity index (χ4v) is 2.15. The first-order chi connectivity index (χ1) is 7.18. The van der Waals surface area contributed by atoms with E-state index < -0.39 is 5.97 Å². The van der Waals surface area contributed by atoms with E-state index in [9.17, 15) is 4.79 Å². The number of nitrogens with zero attached hydrogens (tertiary/aromatic N) is 1. The third-order valence-corrected chi connectivity index (χ3v) is 3.12. The van der Waals surface area contributed by atoms with Crippen LogP contribution in [-0.2, 0) is 0 Å². The predicted octanol–water partition coefficient (Wildman–Crippen LogP) is 2.82. The summed E-state index contributed by atoms with van der Waals surface area (Å²) in [6.07, 6.45) is 0. The highest BCUT2D eigenvalue weighted by Crippen LogP contribution is 2.27. The van der Waals surface area contributed by atoms with Gasteiger partial charge in [-0.05, 0) is 24.6 Å². The predicted molar refractivity (Wildman–Crippen MR) is 59.2 cm³/mol. The molecule has 76 valence electrons. The standard InChI is InChI=1S/C11H9NO2S/c1-7-10(15-6-12-7)8-2-4-9(5-3-8)11(13)14/h2-6H,1H3,(H,13,14). The van der Waals surface area contributed by atoms with Gasteiger partial charge in [-0.15, -0.1) is 11.3 Å². The molecule has 0 bridgehead atoms. The molecule has 1 aromatic heterocycles. The second kappa shape index (κ2) is 3.82. The molecule has 0 aliphatic rings. The van der Waals surface area contributed by atoms with E-state index in [-0.39, 0.29) is 0 Å². The zero-order valence-corrected chi connectivity index (χ0v) is 8.91. The smallest absolute Gasteiger partial charge is 0.335 e.